The third kappa shape index (κ3) is 7.41. The Balaban J connectivity index is 1.53. The maximum atomic E-state index is 13.5. The minimum Gasteiger partial charge on any atom is -0.365 e. The van der Waals surface area contributed by atoms with E-state index in [-0.39, 0.29) is 24.0 Å². The van der Waals surface area contributed by atoms with Gasteiger partial charge in [-0.3, -0.25) is 9.69 Å². The molecule has 3 amide bonds. The number of hydrogen-bond donors (Lipinski definition) is 3. The predicted molar refractivity (Wildman–Crippen MR) is 177 cm³/mol. The van der Waals surface area contributed by atoms with Gasteiger partial charge in [0.25, 0.3) is 0 Å². The quantitative estimate of drug-likeness (QED) is 0.302. The number of primary amides is 1. The summed E-state index contributed by atoms with van der Waals surface area (Å²) in [5.74, 6) is 0.161. The van der Waals surface area contributed by atoms with Gasteiger partial charge in [-0.2, -0.15) is 5.26 Å². The van der Waals surface area contributed by atoms with E-state index in [2.05, 4.69) is 63.1 Å². The molecule has 0 spiro atoms. The lowest BCUT2D eigenvalue weighted by Crippen LogP contribution is -2.52. The Morgan fingerprint density at radius 1 is 1.11 bits per heavy atom. The van der Waals surface area contributed by atoms with Crippen LogP contribution >= 0.6 is 0 Å². The van der Waals surface area contributed by atoms with E-state index in [0.29, 0.717) is 36.5 Å². The number of anilines is 4. The molecular formula is C34H41N9O2. The summed E-state index contributed by atoms with van der Waals surface area (Å²) in [5, 5.41) is 15.4. The number of nitrogens with one attached hydrogen (secondary N) is 2. The molecule has 2 aliphatic rings. The van der Waals surface area contributed by atoms with Crippen LogP contribution in [-0.4, -0.2) is 71.6 Å². The zero-order chi connectivity index (χ0) is 31.9. The number of nitrogens with zero attached hydrogens (tertiary/aromatic N) is 6. The largest absolute Gasteiger partial charge is 0.365 e. The topological polar surface area (TPSA) is 144 Å². The van der Waals surface area contributed by atoms with E-state index in [1.807, 2.05) is 36.4 Å². The highest BCUT2D eigenvalue weighted by Crippen LogP contribution is 2.44. The first-order chi connectivity index (χ1) is 21.8. The molecule has 11 nitrogen and oxygen atoms in total. The van der Waals surface area contributed by atoms with Crippen LogP contribution in [0.1, 0.15) is 49.3 Å². The number of nitrogens with two attached hydrogens (primary N) is 1. The fraction of sp³-hybridized carbons (Fsp3) is 0.382. The van der Waals surface area contributed by atoms with Crippen LogP contribution in [0.15, 0.2) is 67.5 Å². The second kappa shape index (κ2) is 14.2. The van der Waals surface area contributed by atoms with Gasteiger partial charge in [-0.15, -0.1) is 0 Å². The number of benzene rings is 2. The summed E-state index contributed by atoms with van der Waals surface area (Å²) in [5.41, 5.74) is 10.9. The Bertz CT molecular complexity index is 1550. The summed E-state index contributed by atoms with van der Waals surface area (Å²) >= 11 is 0. The number of carbonyl (C=O) groups excluding carboxylic acids is 2. The molecule has 0 radical (unpaired) electrons. The van der Waals surface area contributed by atoms with Crippen molar-refractivity contribution in [2.45, 2.75) is 57.2 Å². The van der Waals surface area contributed by atoms with E-state index in [0.717, 1.165) is 55.0 Å². The summed E-state index contributed by atoms with van der Waals surface area (Å²) in [6, 6.07) is 15.8. The zero-order valence-electron chi connectivity index (χ0n) is 25.9. The van der Waals surface area contributed by atoms with Crippen LogP contribution in [0.5, 0.6) is 0 Å². The monoisotopic (exact) mass is 607 g/mol. The van der Waals surface area contributed by atoms with Crippen molar-refractivity contribution in [3.8, 4) is 6.07 Å². The summed E-state index contributed by atoms with van der Waals surface area (Å²) in [6.07, 6.45) is 7.84. The molecule has 0 bridgehead atoms. The van der Waals surface area contributed by atoms with E-state index in [9.17, 15) is 9.59 Å². The fourth-order valence-corrected chi connectivity index (χ4v) is 6.30. The lowest BCUT2D eigenvalue weighted by molar-refractivity contribution is -0.111. The SMILES string of the molecule is C=CC(=O)Nc1ccc(Cc2ccccc2)c(N(C(N)=O)C2CCC(Nc3ncc(C#N)cn3)CC2)c1N1CCN(C)[C@@H](C)C1. The van der Waals surface area contributed by atoms with Gasteiger partial charge >= 0.3 is 6.03 Å². The molecule has 2 aromatic carbocycles. The molecule has 4 N–H and O–H groups in total. The van der Waals surface area contributed by atoms with Crippen molar-refractivity contribution in [2.24, 2.45) is 5.73 Å². The van der Waals surface area contributed by atoms with E-state index in [1.165, 1.54) is 18.5 Å². The minimum atomic E-state index is -0.522. The molecule has 2 fully saturated rings. The van der Waals surface area contributed by atoms with Crippen molar-refractivity contribution < 1.29 is 9.59 Å². The molecule has 45 heavy (non-hydrogen) atoms. The Morgan fingerprint density at radius 3 is 2.44 bits per heavy atom. The molecule has 0 unspecified atom stereocenters. The van der Waals surface area contributed by atoms with Crippen molar-refractivity contribution in [1.29, 1.82) is 5.26 Å². The summed E-state index contributed by atoms with van der Waals surface area (Å²) in [6.45, 7) is 8.12. The molecule has 11 heteroatoms. The Kier molecular flexibility index (Phi) is 9.95. The van der Waals surface area contributed by atoms with Crippen LogP contribution < -0.4 is 26.2 Å². The predicted octanol–water partition coefficient (Wildman–Crippen LogP) is 4.51. The highest BCUT2D eigenvalue weighted by atomic mass is 16.2. The lowest BCUT2D eigenvalue weighted by Gasteiger charge is -2.43. The molecule has 1 atom stereocenters. The van der Waals surface area contributed by atoms with Gasteiger partial charge in [-0.1, -0.05) is 43.0 Å². The van der Waals surface area contributed by atoms with Gasteiger partial charge in [-0.05, 0) is 69.3 Å². The van der Waals surface area contributed by atoms with Crippen molar-refractivity contribution in [3.05, 3.63) is 84.2 Å². The van der Waals surface area contributed by atoms with Crippen molar-refractivity contribution in [2.75, 3.05) is 47.1 Å². The first kappa shape index (κ1) is 31.5. The van der Waals surface area contributed by atoms with Crippen molar-refractivity contribution >= 4 is 34.9 Å². The van der Waals surface area contributed by atoms with E-state index >= 15 is 0 Å². The number of urea groups is 1. The molecule has 1 aliphatic heterocycles. The average molecular weight is 608 g/mol. The van der Waals surface area contributed by atoms with Crippen LogP contribution in [0, 0.1) is 11.3 Å². The van der Waals surface area contributed by atoms with Gasteiger partial charge in [0.1, 0.15) is 6.07 Å². The highest BCUT2D eigenvalue weighted by molar-refractivity contribution is 6.06. The molecule has 3 aromatic rings. The Labute approximate surface area is 264 Å². The molecule has 234 valence electrons. The zero-order valence-corrected chi connectivity index (χ0v) is 25.9. The molecule has 1 aromatic heterocycles. The summed E-state index contributed by atoms with van der Waals surface area (Å²) in [7, 11) is 2.11. The molecule has 1 saturated heterocycles. The van der Waals surface area contributed by atoms with Crippen LogP contribution in [-0.2, 0) is 11.2 Å². The number of rotatable bonds is 9. The van der Waals surface area contributed by atoms with Gasteiger partial charge in [0, 0.05) is 37.8 Å². The first-order valence-corrected chi connectivity index (χ1v) is 15.4. The second-order valence-corrected chi connectivity index (χ2v) is 11.9. The van der Waals surface area contributed by atoms with Crippen molar-refractivity contribution in [1.82, 2.24) is 14.9 Å². The number of hydrogen-bond acceptors (Lipinski definition) is 8. The fourth-order valence-electron chi connectivity index (χ4n) is 6.30. The Morgan fingerprint density at radius 2 is 1.82 bits per heavy atom. The van der Waals surface area contributed by atoms with Gasteiger partial charge in [0.05, 0.1) is 35.0 Å². The van der Waals surface area contributed by atoms with E-state index < -0.39 is 6.03 Å². The molecule has 1 saturated carbocycles. The number of likely N-dealkylation sites (N-methyl/N-ethyl adjacent to an activating group) is 1. The molecule has 1 aliphatic carbocycles. The first-order valence-electron chi connectivity index (χ1n) is 15.4. The van der Waals surface area contributed by atoms with Crippen LogP contribution in [0.4, 0.5) is 27.8 Å². The number of carbonyl (C=O) groups is 2. The van der Waals surface area contributed by atoms with Gasteiger partial charge in [0.2, 0.25) is 11.9 Å². The Hall–Kier alpha value is -4.95. The smallest absolute Gasteiger partial charge is 0.319 e. The summed E-state index contributed by atoms with van der Waals surface area (Å²) in [4.78, 5) is 41.1. The van der Waals surface area contributed by atoms with Gasteiger partial charge in [0.15, 0.2) is 0 Å². The molecule has 2 heterocycles. The number of aromatic nitrogens is 2. The van der Waals surface area contributed by atoms with Crippen LogP contribution in [0.2, 0.25) is 0 Å². The second-order valence-electron chi connectivity index (χ2n) is 11.9. The maximum absolute atomic E-state index is 13.5. The van der Waals surface area contributed by atoms with Crippen LogP contribution in [0.3, 0.4) is 0 Å². The number of nitriles is 1. The van der Waals surface area contributed by atoms with E-state index in [4.69, 9.17) is 11.0 Å². The third-order valence-electron chi connectivity index (χ3n) is 8.85. The van der Waals surface area contributed by atoms with Gasteiger partial charge in [-0.25, -0.2) is 14.8 Å². The highest BCUT2D eigenvalue weighted by Gasteiger charge is 2.35. The van der Waals surface area contributed by atoms with Crippen LogP contribution in [0.25, 0.3) is 0 Å². The minimum absolute atomic E-state index is 0.115. The number of amides is 3. The summed E-state index contributed by atoms with van der Waals surface area (Å²) < 4.78 is 0. The number of piperazine rings is 1. The molecular weight excluding hydrogens is 566 g/mol. The van der Waals surface area contributed by atoms with E-state index in [1.54, 1.807) is 4.90 Å². The molecule has 5 rings (SSSR count). The lowest BCUT2D eigenvalue weighted by atomic mass is 9.89. The normalized spacial score (nSPS) is 20.1. The third-order valence-corrected chi connectivity index (χ3v) is 8.85. The van der Waals surface area contributed by atoms with Crippen molar-refractivity contribution in [3.63, 3.8) is 0 Å². The van der Waals surface area contributed by atoms with Gasteiger partial charge < -0.3 is 26.2 Å². The maximum Gasteiger partial charge on any atom is 0.319 e. The average Bonchev–Trinajstić information content (AvgIpc) is 3.05. The standard InChI is InChI=1S/C34H41N9O2/c1-4-30(44)40-29-15-10-26(18-24-8-6-5-7-9-24)31(32(29)42-17-16-41(3)23(2)22-42)43(33(36)45)28-13-11-27(12-14-28)39-34-37-20-25(19-35)21-38-34/h4-10,15,20-21,23,27-28H,1,11-14,16-18,22H2,2-3H3,(H2,36,45)(H,40,44)(H,37,38,39)/t23-,27?,28?/m0/s1.